The van der Waals surface area contributed by atoms with Gasteiger partial charge in [-0.15, -0.1) is 0 Å². The second-order valence-electron chi connectivity index (χ2n) is 3.66. The van der Waals surface area contributed by atoms with Gasteiger partial charge in [0, 0.05) is 11.7 Å². The number of rotatable bonds is 2. The Labute approximate surface area is 92.2 Å². The number of thioether (sulfide) groups is 1. The lowest BCUT2D eigenvalue weighted by Gasteiger charge is -2.07. The minimum Gasteiger partial charge on any atom is -0.394 e. The molecule has 6 heteroatoms. The topological polar surface area (TPSA) is 83.8 Å². The molecule has 15 heavy (non-hydrogen) atoms. The Morgan fingerprint density at radius 2 is 2.53 bits per heavy atom. The molecule has 82 valence electrons. The summed E-state index contributed by atoms with van der Waals surface area (Å²) < 4.78 is 0. The van der Waals surface area contributed by atoms with Gasteiger partial charge >= 0.3 is 0 Å². The molecule has 1 aliphatic rings. The van der Waals surface area contributed by atoms with E-state index < -0.39 is 0 Å². The number of aryl methyl sites for hydroxylation is 1. The van der Waals surface area contributed by atoms with Crippen LogP contribution in [0.5, 0.6) is 0 Å². The van der Waals surface area contributed by atoms with Crippen molar-refractivity contribution in [1.82, 2.24) is 10.2 Å². The molecule has 1 saturated heterocycles. The van der Waals surface area contributed by atoms with E-state index in [2.05, 4.69) is 15.5 Å². The molecule has 2 heterocycles. The third kappa shape index (κ3) is 2.09. The number of nitrogens with zero attached hydrogens (tertiary/aromatic N) is 1. The molecule has 1 atom stereocenters. The maximum atomic E-state index is 11.7. The Balaban J connectivity index is 2.02. The Morgan fingerprint density at radius 3 is 3.07 bits per heavy atom. The molecule has 2 rings (SSSR count). The number of carbonyl (C=O) groups is 1. The van der Waals surface area contributed by atoms with Gasteiger partial charge in [0.15, 0.2) is 5.82 Å². The summed E-state index contributed by atoms with van der Waals surface area (Å²) in [5.74, 6) is 2.54. The smallest absolute Gasteiger partial charge is 0.229 e. The number of nitrogens with two attached hydrogens (primary N) is 1. The first-order valence-corrected chi connectivity index (χ1v) is 6.03. The molecular formula is C9H14N4OS. The van der Waals surface area contributed by atoms with E-state index in [-0.39, 0.29) is 11.8 Å². The molecule has 1 amide bonds. The van der Waals surface area contributed by atoms with Crippen molar-refractivity contribution in [1.29, 1.82) is 0 Å². The molecule has 1 aromatic heterocycles. The highest BCUT2D eigenvalue weighted by Gasteiger charge is 2.24. The molecule has 0 aromatic carbocycles. The first kappa shape index (κ1) is 10.4. The van der Waals surface area contributed by atoms with Crippen molar-refractivity contribution in [3.63, 3.8) is 0 Å². The van der Waals surface area contributed by atoms with Gasteiger partial charge in [0.1, 0.15) is 0 Å². The van der Waals surface area contributed by atoms with E-state index in [0.29, 0.717) is 11.5 Å². The van der Waals surface area contributed by atoms with Crippen molar-refractivity contribution >= 4 is 29.2 Å². The number of carbonyl (C=O) groups excluding carboxylic acids is 1. The second-order valence-corrected chi connectivity index (χ2v) is 4.81. The van der Waals surface area contributed by atoms with Crippen LogP contribution in [-0.2, 0) is 4.79 Å². The summed E-state index contributed by atoms with van der Waals surface area (Å²) in [5.41, 5.74) is 7.04. The highest BCUT2D eigenvalue weighted by molar-refractivity contribution is 7.99. The number of hydrogen-bond acceptors (Lipinski definition) is 4. The van der Waals surface area contributed by atoms with Crippen LogP contribution < -0.4 is 11.1 Å². The Bertz CT molecular complexity index is 370. The minimum absolute atomic E-state index is 0.0261. The summed E-state index contributed by atoms with van der Waals surface area (Å²) in [7, 11) is 0. The molecule has 1 aromatic rings. The highest BCUT2D eigenvalue weighted by Crippen LogP contribution is 2.25. The number of amides is 1. The van der Waals surface area contributed by atoms with E-state index in [1.54, 1.807) is 0 Å². The number of nitrogens with one attached hydrogen (secondary N) is 2. The van der Waals surface area contributed by atoms with E-state index in [4.69, 9.17) is 5.73 Å². The maximum absolute atomic E-state index is 11.7. The molecule has 0 spiro atoms. The number of hydrogen-bond donors (Lipinski definition) is 3. The quantitative estimate of drug-likeness (QED) is 0.702. The predicted molar refractivity (Wildman–Crippen MR) is 61.8 cm³/mol. The first-order chi connectivity index (χ1) is 7.18. The van der Waals surface area contributed by atoms with Gasteiger partial charge in [0.2, 0.25) is 5.91 Å². The van der Waals surface area contributed by atoms with Gasteiger partial charge in [-0.25, -0.2) is 0 Å². The normalized spacial score (nSPS) is 20.5. The van der Waals surface area contributed by atoms with Gasteiger partial charge in [-0.05, 0) is 19.1 Å². The lowest BCUT2D eigenvalue weighted by molar-refractivity contribution is -0.119. The zero-order valence-corrected chi connectivity index (χ0v) is 9.36. The van der Waals surface area contributed by atoms with Crippen LogP contribution in [0.1, 0.15) is 12.1 Å². The molecule has 5 nitrogen and oxygen atoms in total. The Hall–Kier alpha value is -1.17. The largest absolute Gasteiger partial charge is 0.394 e. The molecule has 4 N–H and O–H groups in total. The molecule has 1 fully saturated rings. The van der Waals surface area contributed by atoms with E-state index >= 15 is 0 Å². The number of nitrogen functional groups attached to an aromatic ring is 1. The van der Waals surface area contributed by atoms with E-state index in [0.717, 1.165) is 23.6 Å². The van der Waals surface area contributed by atoms with Crippen LogP contribution in [0.15, 0.2) is 0 Å². The van der Waals surface area contributed by atoms with Crippen LogP contribution in [0.25, 0.3) is 0 Å². The molecule has 0 bridgehead atoms. The molecule has 0 radical (unpaired) electrons. The van der Waals surface area contributed by atoms with Crippen molar-refractivity contribution < 1.29 is 4.79 Å². The van der Waals surface area contributed by atoms with E-state index in [1.165, 1.54) is 0 Å². The highest BCUT2D eigenvalue weighted by atomic mass is 32.2. The van der Waals surface area contributed by atoms with E-state index in [9.17, 15) is 4.79 Å². The fourth-order valence-electron chi connectivity index (χ4n) is 1.49. The van der Waals surface area contributed by atoms with E-state index in [1.807, 2.05) is 18.7 Å². The van der Waals surface area contributed by atoms with Crippen molar-refractivity contribution in [3.05, 3.63) is 5.69 Å². The molecule has 0 aliphatic carbocycles. The number of anilines is 2. The fourth-order valence-corrected chi connectivity index (χ4v) is 2.71. The summed E-state index contributed by atoms with van der Waals surface area (Å²) in [6.45, 7) is 1.82. The van der Waals surface area contributed by atoms with Gasteiger partial charge in [0.25, 0.3) is 0 Å². The molecule has 1 unspecified atom stereocenters. The Morgan fingerprint density at radius 1 is 1.73 bits per heavy atom. The monoisotopic (exact) mass is 226 g/mol. The zero-order chi connectivity index (χ0) is 10.8. The van der Waals surface area contributed by atoms with Crippen LogP contribution in [0.2, 0.25) is 0 Å². The predicted octanol–water partition coefficient (Wildman–Crippen LogP) is 0.992. The molecule has 0 saturated carbocycles. The van der Waals surface area contributed by atoms with Gasteiger partial charge in [-0.3, -0.25) is 9.89 Å². The van der Waals surface area contributed by atoms with Gasteiger partial charge in [-0.1, -0.05) is 0 Å². The summed E-state index contributed by atoms with van der Waals surface area (Å²) in [6, 6.07) is 0. The first-order valence-electron chi connectivity index (χ1n) is 4.87. The van der Waals surface area contributed by atoms with Crippen molar-refractivity contribution in [2.75, 3.05) is 22.6 Å². The van der Waals surface area contributed by atoms with Gasteiger partial charge in [0.05, 0.1) is 11.4 Å². The van der Waals surface area contributed by atoms with Gasteiger partial charge < -0.3 is 11.1 Å². The SMILES string of the molecule is Cc1[nH]nc(NC(=O)C2CCSC2)c1N. The lowest BCUT2D eigenvalue weighted by Crippen LogP contribution is -2.23. The lowest BCUT2D eigenvalue weighted by atomic mass is 10.1. The summed E-state index contributed by atoms with van der Waals surface area (Å²) in [4.78, 5) is 11.7. The number of H-pyrrole nitrogens is 1. The third-order valence-corrected chi connectivity index (χ3v) is 3.70. The van der Waals surface area contributed by atoms with Crippen molar-refractivity contribution in [3.8, 4) is 0 Å². The van der Waals surface area contributed by atoms with Crippen LogP contribution in [0.4, 0.5) is 11.5 Å². The standard InChI is InChI=1S/C9H14N4OS/c1-5-7(10)8(13-12-5)11-9(14)6-2-3-15-4-6/h6H,2-4,10H2,1H3,(H2,11,12,13,14). The summed E-state index contributed by atoms with van der Waals surface area (Å²) in [5, 5.41) is 9.43. The van der Waals surface area contributed by atoms with Crippen LogP contribution in [0, 0.1) is 12.8 Å². The van der Waals surface area contributed by atoms with Crippen LogP contribution >= 0.6 is 11.8 Å². The van der Waals surface area contributed by atoms with Crippen molar-refractivity contribution in [2.45, 2.75) is 13.3 Å². The molecule has 1 aliphatic heterocycles. The fraction of sp³-hybridized carbons (Fsp3) is 0.556. The number of aromatic amines is 1. The van der Waals surface area contributed by atoms with Crippen LogP contribution in [-0.4, -0.2) is 27.6 Å². The average Bonchev–Trinajstić information content (AvgIpc) is 2.83. The average molecular weight is 226 g/mol. The summed E-state index contributed by atoms with van der Waals surface area (Å²) >= 11 is 1.81. The third-order valence-electron chi connectivity index (χ3n) is 2.54. The maximum Gasteiger partial charge on any atom is 0.229 e. The zero-order valence-electron chi connectivity index (χ0n) is 8.54. The number of aromatic nitrogens is 2. The second kappa shape index (κ2) is 4.14. The van der Waals surface area contributed by atoms with Crippen molar-refractivity contribution in [2.24, 2.45) is 5.92 Å². The van der Waals surface area contributed by atoms with Gasteiger partial charge in [-0.2, -0.15) is 16.9 Å². The summed E-state index contributed by atoms with van der Waals surface area (Å²) in [6.07, 6.45) is 0.944. The minimum atomic E-state index is 0.0261. The molecular weight excluding hydrogens is 212 g/mol. The Kier molecular flexibility index (Phi) is 2.86. The van der Waals surface area contributed by atoms with Crippen LogP contribution in [0.3, 0.4) is 0 Å².